The quantitative estimate of drug-likeness (QED) is 0.696. The molecule has 0 fully saturated rings. The normalized spacial score (nSPS) is 13.5. The predicted molar refractivity (Wildman–Crippen MR) is 101 cm³/mol. The smallest absolute Gasteiger partial charge is 0.333 e. The molecular formula is C21H22N2O5. The zero-order valence-electron chi connectivity index (χ0n) is 15.8. The summed E-state index contributed by atoms with van der Waals surface area (Å²) in [6.45, 7) is 1.62. The molecule has 2 atom stereocenters. The molecule has 0 amide bonds. The van der Waals surface area contributed by atoms with E-state index < -0.39 is 23.4 Å². The standard InChI is InChI=1S/C21H22N2O5/c1-3-27-19(24)18(23)21(14-22,16-9-11-17(26-2)12-10-16)20(25)28-13-15-7-5-4-6-8-15/h4-12,18H,3,13,23H2,1-2H3/t18-,21-/m0/s1. The first kappa shape index (κ1) is 20.9. The van der Waals surface area contributed by atoms with Gasteiger partial charge in [-0.1, -0.05) is 42.5 Å². The number of nitrogens with two attached hydrogens (primary N) is 1. The maximum Gasteiger partial charge on any atom is 0.333 e. The lowest BCUT2D eigenvalue weighted by molar-refractivity contribution is -0.157. The van der Waals surface area contributed by atoms with Crippen molar-refractivity contribution in [3.05, 3.63) is 65.7 Å². The molecule has 28 heavy (non-hydrogen) atoms. The van der Waals surface area contributed by atoms with Gasteiger partial charge in [-0.05, 0) is 30.2 Å². The number of hydrogen-bond donors (Lipinski definition) is 1. The first-order valence-corrected chi connectivity index (χ1v) is 8.68. The van der Waals surface area contributed by atoms with Crippen molar-refractivity contribution >= 4 is 11.9 Å². The molecule has 0 heterocycles. The van der Waals surface area contributed by atoms with Gasteiger partial charge in [-0.2, -0.15) is 5.26 Å². The summed E-state index contributed by atoms with van der Waals surface area (Å²) in [5, 5.41) is 9.94. The van der Waals surface area contributed by atoms with Crippen LogP contribution in [0, 0.1) is 11.3 Å². The molecule has 2 rings (SSSR count). The number of nitrogens with zero attached hydrogens (tertiary/aromatic N) is 1. The van der Waals surface area contributed by atoms with Gasteiger partial charge in [0.1, 0.15) is 18.4 Å². The van der Waals surface area contributed by atoms with Gasteiger partial charge in [-0.25, -0.2) is 4.79 Å². The number of nitriles is 1. The number of carbonyl (C=O) groups excluding carboxylic acids is 2. The number of carbonyl (C=O) groups is 2. The van der Waals surface area contributed by atoms with E-state index in [-0.39, 0.29) is 18.8 Å². The van der Waals surface area contributed by atoms with Crippen LogP contribution in [0.5, 0.6) is 5.75 Å². The number of rotatable bonds is 8. The van der Waals surface area contributed by atoms with E-state index in [0.717, 1.165) is 5.56 Å². The monoisotopic (exact) mass is 382 g/mol. The van der Waals surface area contributed by atoms with Crippen LogP contribution >= 0.6 is 0 Å². The van der Waals surface area contributed by atoms with Gasteiger partial charge in [0.2, 0.25) is 5.41 Å². The minimum atomic E-state index is -2.06. The molecule has 0 aromatic heterocycles. The Morgan fingerprint density at radius 1 is 1.11 bits per heavy atom. The number of benzene rings is 2. The minimum Gasteiger partial charge on any atom is -0.497 e. The minimum absolute atomic E-state index is 0.0607. The predicted octanol–water partition coefficient (Wildman–Crippen LogP) is 2.09. The van der Waals surface area contributed by atoms with Gasteiger partial charge in [0.05, 0.1) is 19.8 Å². The van der Waals surface area contributed by atoms with Crippen LogP contribution in [0.4, 0.5) is 0 Å². The highest BCUT2D eigenvalue weighted by atomic mass is 16.5. The van der Waals surface area contributed by atoms with E-state index in [1.807, 2.05) is 12.1 Å². The summed E-state index contributed by atoms with van der Waals surface area (Å²) in [6.07, 6.45) is 0. The fourth-order valence-electron chi connectivity index (χ4n) is 2.70. The molecule has 0 unspecified atom stereocenters. The second-order valence-corrected chi connectivity index (χ2v) is 5.94. The Balaban J connectivity index is 2.42. The molecular weight excluding hydrogens is 360 g/mol. The molecule has 0 radical (unpaired) electrons. The highest BCUT2D eigenvalue weighted by Crippen LogP contribution is 2.31. The van der Waals surface area contributed by atoms with Crippen LogP contribution in [0.1, 0.15) is 18.1 Å². The van der Waals surface area contributed by atoms with Crippen molar-refractivity contribution in [2.75, 3.05) is 13.7 Å². The van der Waals surface area contributed by atoms with Gasteiger partial charge in [0.15, 0.2) is 0 Å². The maximum atomic E-state index is 13.0. The Morgan fingerprint density at radius 2 is 1.75 bits per heavy atom. The molecule has 0 saturated carbocycles. The molecule has 0 aliphatic carbocycles. The zero-order chi connectivity index (χ0) is 20.6. The van der Waals surface area contributed by atoms with Crippen LogP contribution in [-0.4, -0.2) is 31.7 Å². The van der Waals surface area contributed by atoms with E-state index >= 15 is 0 Å². The summed E-state index contributed by atoms with van der Waals surface area (Å²) >= 11 is 0. The molecule has 0 aliphatic rings. The van der Waals surface area contributed by atoms with Gasteiger partial charge in [0.25, 0.3) is 0 Å². The number of hydrogen-bond acceptors (Lipinski definition) is 7. The van der Waals surface area contributed by atoms with E-state index in [9.17, 15) is 14.9 Å². The second kappa shape index (κ2) is 9.53. The Labute approximate surface area is 163 Å². The molecule has 2 aromatic carbocycles. The van der Waals surface area contributed by atoms with Crippen molar-refractivity contribution in [1.82, 2.24) is 0 Å². The summed E-state index contributed by atoms with van der Waals surface area (Å²) in [4.78, 5) is 25.3. The average Bonchev–Trinajstić information content (AvgIpc) is 2.74. The van der Waals surface area contributed by atoms with Crippen molar-refractivity contribution in [3.8, 4) is 11.8 Å². The third-order valence-electron chi connectivity index (χ3n) is 4.26. The van der Waals surface area contributed by atoms with Gasteiger partial charge >= 0.3 is 11.9 Å². The number of esters is 2. The van der Waals surface area contributed by atoms with Crippen molar-refractivity contribution in [2.45, 2.75) is 25.0 Å². The molecule has 0 spiro atoms. The topological polar surface area (TPSA) is 112 Å². The lowest BCUT2D eigenvalue weighted by Gasteiger charge is -2.29. The summed E-state index contributed by atoms with van der Waals surface area (Å²) < 4.78 is 15.4. The molecule has 7 nitrogen and oxygen atoms in total. The first-order chi connectivity index (χ1) is 13.5. The Hall–Kier alpha value is -3.37. The molecule has 146 valence electrons. The number of methoxy groups -OCH3 is 1. The van der Waals surface area contributed by atoms with E-state index in [4.69, 9.17) is 19.9 Å². The van der Waals surface area contributed by atoms with E-state index in [2.05, 4.69) is 0 Å². The van der Waals surface area contributed by atoms with Crippen LogP contribution in [0.25, 0.3) is 0 Å². The van der Waals surface area contributed by atoms with Crippen LogP contribution in [-0.2, 0) is 31.1 Å². The van der Waals surface area contributed by atoms with Gasteiger partial charge in [-0.3, -0.25) is 4.79 Å². The van der Waals surface area contributed by atoms with Crippen LogP contribution < -0.4 is 10.5 Å². The maximum absolute atomic E-state index is 13.0. The summed E-state index contributed by atoms with van der Waals surface area (Å²) in [5.41, 5.74) is 4.93. The third-order valence-corrected chi connectivity index (χ3v) is 4.26. The van der Waals surface area contributed by atoms with Gasteiger partial charge in [-0.15, -0.1) is 0 Å². The summed E-state index contributed by atoms with van der Waals surface area (Å²) in [6, 6.07) is 15.5. The van der Waals surface area contributed by atoms with E-state index in [1.54, 1.807) is 43.3 Å². The molecule has 0 aliphatic heterocycles. The summed E-state index contributed by atoms with van der Waals surface area (Å²) in [5.74, 6) is -1.26. The molecule has 0 bridgehead atoms. The lowest BCUT2D eigenvalue weighted by atomic mass is 9.75. The molecule has 0 saturated heterocycles. The fourth-order valence-corrected chi connectivity index (χ4v) is 2.70. The fraction of sp³-hybridized carbons (Fsp3) is 0.286. The molecule has 2 aromatic rings. The van der Waals surface area contributed by atoms with Crippen molar-refractivity contribution < 1.29 is 23.8 Å². The van der Waals surface area contributed by atoms with Crippen molar-refractivity contribution in [3.63, 3.8) is 0 Å². The average molecular weight is 382 g/mol. The zero-order valence-corrected chi connectivity index (χ0v) is 15.8. The van der Waals surface area contributed by atoms with Crippen molar-refractivity contribution in [1.29, 1.82) is 5.26 Å². The van der Waals surface area contributed by atoms with E-state index in [0.29, 0.717) is 5.75 Å². The van der Waals surface area contributed by atoms with Gasteiger partial charge in [0, 0.05) is 0 Å². The highest BCUT2D eigenvalue weighted by Gasteiger charge is 2.52. The highest BCUT2D eigenvalue weighted by molar-refractivity contribution is 5.95. The van der Waals surface area contributed by atoms with Gasteiger partial charge < -0.3 is 19.9 Å². The van der Waals surface area contributed by atoms with Crippen molar-refractivity contribution in [2.24, 2.45) is 5.73 Å². The van der Waals surface area contributed by atoms with Crippen LogP contribution in [0.2, 0.25) is 0 Å². The molecule has 7 heteroatoms. The Morgan fingerprint density at radius 3 is 2.29 bits per heavy atom. The largest absolute Gasteiger partial charge is 0.497 e. The second-order valence-electron chi connectivity index (χ2n) is 5.94. The Bertz CT molecular complexity index is 845. The summed E-state index contributed by atoms with van der Waals surface area (Å²) in [7, 11) is 1.49. The van der Waals surface area contributed by atoms with Crippen LogP contribution in [0.3, 0.4) is 0 Å². The molecule has 2 N–H and O–H groups in total. The Kier molecular flexibility index (Phi) is 7.13. The van der Waals surface area contributed by atoms with E-state index in [1.165, 1.54) is 19.2 Å². The third kappa shape index (κ3) is 4.30. The lowest BCUT2D eigenvalue weighted by Crippen LogP contribution is -2.55. The first-order valence-electron chi connectivity index (χ1n) is 8.68. The number of ether oxygens (including phenoxy) is 3. The van der Waals surface area contributed by atoms with Crippen LogP contribution in [0.15, 0.2) is 54.6 Å². The SMILES string of the molecule is CCOC(=O)[C@H](N)[C@@](C#N)(C(=O)OCc1ccccc1)c1ccc(OC)cc1.